The predicted molar refractivity (Wildman–Crippen MR) is 158 cm³/mol. The maximum atomic E-state index is 15.3. The van der Waals surface area contributed by atoms with Crippen LogP contribution in [0.5, 0.6) is 23.0 Å². The number of benzene rings is 5. The molecule has 0 saturated heterocycles. The lowest BCUT2D eigenvalue weighted by Crippen LogP contribution is -2.26. The molecule has 10 heteroatoms. The lowest BCUT2D eigenvalue weighted by atomic mass is 10.1. The van der Waals surface area contributed by atoms with E-state index in [1.54, 1.807) is 60.7 Å². The van der Waals surface area contributed by atoms with Gasteiger partial charge in [0.05, 0.1) is 16.4 Å². The summed E-state index contributed by atoms with van der Waals surface area (Å²) >= 11 is 0. The average molecular weight is 627 g/mol. The Kier molecular flexibility index (Phi) is 8.36. The molecule has 5 aromatic rings. The molecule has 0 aliphatic rings. The van der Waals surface area contributed by atoms with Crippen LogP contribution < -0.4 is 25.4 Å². The molecule has 0 N–H and O–H groups in total. The van der Waals surface area contributed by atoms with E-state index in [2.05, 4.69) is 0 Å². The molecular formula is C34H25F6O3P. The molecule has 0 spiro atoms. The fourth-order valence-corrected chi connectivity index (χ4v) is 7.53. The zero-order valence-corrected chi connectivity index (χ0v) is 24.3. The molecule has 0 aromatic heterocycles. The van der Waals surface area contributed by atoms with Gasteiger partial charge in [-0.15, -0.1) is 0 Å². The van der Waals surface area contributed by atoms with E-state index in [4.69, 9.17) is 9.47 Å². The Balaban J connectivity index is 1.74. The van der Waals surface area contributed by atoms with Gasteiger partial charge in [0.2, 0.25) is 0 Å². The van der Waals surface area contributed by atoms with Crippen molar-refractivity contribution in [1.29, 1.82) is 0 Å². The van der Waals surface area contributed by atoms with E-state index in [-0.39, 0.29) is 16.8 Å². The standard InChI is InChI=1S/C34H25F6O3P/c1-22-13-16-29(27(19-22)33(35,36)37)42-24-15-18-31(43-30-17-14-23(2)20-28(30)34(38,39)40)32(21-24)44(41,25-9-5-3-6-10-25)26-11-7-4-8-12-26/h3-21H,1-2H3. The van der Waals surface area contributed by atoms with E-state index in [1.165, 1.54) is 56.3 Å². The average Bonchev–Trinajstić information content (AvgIpc) is 2.99. The van der Waals surface area contributed by atoms with E-state index < -0.39 is 42.1 Å². The molecule has 5 rings (SSSR count). The van der Waals surface area contributed by atoms with Gasteiger partial charge in [-0.2, -0.15) is 26.3 Å². The van der Waals surface area contributed by atoms with Gasteiger partial charge in [-0.25, -0.2) is 0 Å². The van der Waals surface area contributed by atoms with Gasteiger partial charge in [-0.1, -0.05) is 83.9 Å². The Morgan fingerprint density at radius 1 is 0.523 bits per heavy atom. The minimum absolute atomic E-state index is 0.0539. The molecule has 44 heavy (non-hydrogen) atoms. The van der Waals surface area contributed by atoms with Gasteiger partial charge in [0.25, 0.3) is 0 Å². The van der Waals surface area contributed by atoms with E-state index in [0.29, 0.717) is 21.7 Å². The SMILES string of the molecule is Cc1ccc(Oc2ccc(Oc3ccc(C)cc3C(F)(F)F)c(P(=O)(c3ccccc3)c3ccccc3)c2)c(C(F)(F)F)c1. The molecule has 0 aliphatic heterocycles. The maximum Gasteiger partial charge on any atom is 0.419 e. The van der Waals surface area contributed by atoms with Gasteiger partial charge in [0.15, 0.2) is 7.14 Å². The summed E-state index contributed by atoms with van der Waals surface area (Å²) < 4.78 is 111. The largest absolute Gasteiger partial charge is 0.457 e. The highest BCUT2D eigenvalue weighted by molar-refractivity contribution is 7.85. The van der Waals surface area contributed by atoms with E-state index in [1.807, 2.05) is 0 Å². The molecule has 0 bridgehead atoms. The quantitative estimate of drug-likeness (QED) is 0.133. The highest BCUT2D eigenvalue weighted by Crippen LogP contribution is 2.48. The van der Waals surface area contributed by atoms with Crippen molar-refractivity contribution in [3.05, 3.63) is 138 Å². The summed E-state index contributed by atoms with van der Waals surface area (Å²) in [5.41, 5.74) is -1.33. The molecule has 0 aliphatic carbocycles. The number of hydrogen-bond acceptors (Lipinski definition) is 3. The molecular weight excluding hydrogens is 601 g/mol. The van der Waals surface area contributed by atoms with Crippen molar-refractivity contribution in [2.45, 2.75) is 26.2 Å². The third-order valence-corrected chi connectivity index (χ3v) is 9.92. The predicted octanol–water partition coefficient (Wildman–Crippen LogP) is 9.57. The topological polar surface area (TPSA) is 35.5 Å². The van der Waals surface area contributed by atoms with Gasteiger partial charge in [-0.05, 0) is 56.3 Å². The number of ether oxygens (including phenoxy) is 2. The smallest absolute Gasteiger partial charge is 0.419 e. The third-order valence-electron chi connectivity index (χ3n) is 6.84. The first-order valence-corrected chi connectivity index (χ1v) is 15.0. The van der Waals surface area contributed by atoms with Crippen molar-refractivity contribution in [3.8, 4) is 23.0 Å². The summed E-state index contributed by atoms with van der Waals surface area (Å²) in [6, 6.07) is 27.4. The van der Waals surface area contributed by atoms with E-state index >= 15 is 4.57 Å². The van der Waals surface area contributed by atoms with Crippen LogP contribution >= 0.6 is 7.14 Å². The van der Waals surface area contributed by atoms with Crippen LogP contribution in [0.1, 0.15) is 22.3 Å². The van der Waals surface area contributed by atoms with Crippen molar-refractivity contribution in [2.24, 2.45) is 0 Å². The highest BCUT2D eigenvalue weighted by atomic mass is 31.2. The Hall–Kier alpha value is -4.49. The van der Waals surface area contributed by atoms with E-state index in [0.717, 1.165) is 12.1 Å². The molecule has 0 radical (unpaired) electrons. The zero-order chi connectivity index (χ0) is 31.7. The normalized spacial score (nSPS) is 12.2. The van der Waals surface area contributed by atoms with Crippen LogP contribution in [0.25, 0.3) is 0 Å². The van der Waals surface area contributed by atoms with Crippen molar-refractivity contribution in [1.82, 2.24) is 0 Å². The zero-order valence-electron chi connectivity index (χ0n) is 23.4. The number of aryl methyl sites for hydroxylation is 2. The van der Waals surface area contributed by atoms with Crippen LogP contribution in [0.2, 0.25) is 0 Å². The monoisotopic (exact) mass is 626 g/mol. The van der Waals surface area contributed by atoms with Gasteiger partial charge in [0, 0.05) is 10.6 Å². The second kappa shape index (κ2) is 11.9. The van der Waals surface area contributed by atoms with Crippen molar-refractivity contribution in [2.75, 3.05) is 0 Å². The minimum Gasteiger partial charge on any atom is -0.457 e. The number of hydrogen-bond donors (Lipinski definition) is 0. The first kappa shape index (κ1) is 31.0. The van der Waals surface area contributed by atoms with Crippen LogP contribution in [0.3, 0.4) is 0 Å². The molecule has 5 aromatic carbocycles. The minimum atomic E-state index is -4.76. The highest BCUT2D eigenvalue weighted by Gasteiger charge is 2.38. The third kappa shape index (κ3) is 6.38. The van der Waals surface area contributed by atoms with Crippen molar-refractivity contribution < 1.29 is 40.4 Å². The first-order valence-electron chi connectivity index (χ1n) is 13.3. The van der Waals surface area contributed by atoms with Crippen LogP contribution in [-0.4, -0.2) is 0 Å². The first-order chi connectivity index (χ1) is 20.8. The summed E-state index contributed by atoms with van der Waals surface area (Å²) in [5.74, 6) is -1.31. The second-order valence-electron chi connectivity index (χ2n) is 10.1. The van der Waals surface area contributed by atoms with Gasteiger partial charge < -0.3 is 14.0 Å². The molecule has 3 nitrogen and oxygen atoms in total. The molecule has 0 unspecified atom stereocenters. The number of rotatable bonds is 7. The van der Waals surface area contributed by atoms with Crippen molar-refractivity contribution >= 4 is 23.1 Å². The molecule has 0 atom stereocenters. The Labute approximate surface area is 250 Å². The fraction of sp³-hybridized carbons (Fsp3) is 0.118. The number of halogens is 6. The van der Waals surface area contributed by atoms with Crippen LogP contribution in [-0.2, 0) is 16.9 Å². The van der Waals surface area contributed by atoms with Crippen LogP contribution in [0, 0.1) is 13.8 Å². The maximum absolute atomic E-state index is 15.3. The lowest BCUT2D eigenvalue weighted by Gasteiger charge is -2.24. The molecule has 226 valence electrons. The van der Waals surface area contributed by atoms with Crippen LogP contribution in [0.15, 0.2) is 115 Å². The summed E-state index contributed by atoms with van der Waals surface area (Å²) in [4.78, 5) is 0. The number of alkyl halides is 6. The Bertz CT molecular complexity index is 1790. The van der Waals surface area contributed by atoms with Crippen LogP contribution in [0.4, 0.5) is 26.3 Å². The second-order valence-corrected chi connectivity index (χ2v) is 12.8. The molecule has 0 fully saturated rings. The molecule has 0 heterocycles. The van der Waals surface area contributed by atoms with Crippen molar-refractivity contribution in [3.63, 3.8) is 0 Å². The summed E-state index contributed by atoms with van der Waals surface area (Å²) in [6.07, 6.45) is -9.48. The summed E-state index contributed by atoms with van der Waals surface area (Å²) in [5, 5.41) is 0.612. The summed E-state index contributed by atoms with van der Waals surface area (Å²) in [6.45, 7) is 3.02. The molecule has 0 saturated carbocycles. The lowest BCUT2D eigenvalue weighted by molar-refractivity contribution is -0.139. The van der Waals surface area contributed by atoms with Gasteiger partial charge >= 0.3 is 12.4 Å². The molecule has 0 amide bonds. The Morgan fingerprint density at radius 2 is 0.955 bits per heavy atom. The van der Waals surface area contributed by atoms with Gasteiger partial charge in [-0.3, -0.25) is 0 Å². The van der Waals surface area contributed by atoms with E-state index in [9.17, 15) is 26.3 Å². The van der Waals surface area contributed by atoms with Gasteiger partial charge in [0.1, 0.15) is 23.0 Å². The fourth-order valence-electron chi connectivity index (χ4n) is 4.75. The summed E-state index contributed by atoms with van der Waals surface area (Å²) in [7, 11) is -3.91. The Morgan fingerprint density at radius 3 is 1.41 bits per heavy atom.